The molecule has 1 aromatic carbocycles. The van der Waals surface area contributed by atoms with Gasteiger partial charge in [-0.2, -0.15) is 0 Å². The molecule has 0 bridgehead atoms. The summed E-state index contributed by atoms with van der Waals surface area (Å²) in [7, 11) is -3.45. The summed E-state index contributed by atoms with van der Waals surface area (Å²) in [5.41, 5.74) is 0. The van der Waals surface area contributed by atoms with Gasteiger partial charge in [-0.15, -0.1) is 0 Å². The molecule has 2 atom stereocenters. The second-order valence-corrected chi connectivity index (χ2v) is 11.0. The van der Waals surface area contributed by atoms with Gasteiger partial charge in [-0.05, 0) is 37.5 Å². The van der Waals surface area contributed by atoms with Crippen LogP contribution in [-0.2, 0) is 19.6 Å². The maximum atomic E-state index is 12.9. The zero-order valence-electron chi connectivity index (χ0n) is 17.8. The fraction of sp³-hybridized carbons (Fsp3) is 0.619. The summed E-state index contributed by atoms with van der Waals surface area (Å²) in [5.74, 6) is 0.357. The molecule has 0 aliphatic carbocycles. The first-order valence-corrected chi connectivity index (χ1v) is 13.3. The summed E-state index contributed by atoms with van der Waals surface area (Å²) in [5, 5.41) is 0. The third-order valence-corrected chi connectivity index (χ3v) is 6.89. The Balaban J connectivity index is 1.69. The van der Waals surface area contributed by atoms with E-state index in [2.05, 4.69) is 20.7 Å². The predicted octanol–water partition coefficient (Wildman–Crippen LogP) is 2.00. The second kappa shape index (κ2) is 10.8. The Labute approximate surface area is 192 Å². The average Bonchev–Trinajstić information content (AvgIpc) is 2.73. The maximum Gasteiger partial charge on any atom is 0.237 e. The number of carbonyl (C=O) groups is 2. The number of hydrogen-bond donors (Lipinski definition) is 1. The Kier molecular flexibility index (Phi) is 8.35. The molecule has 2 aliphatic heterocycles. The largest absolute Gasteiger partial charge is 0.490 e. The van der Waals surface area contributed by atoms with Crippen LogP contribution in [0.5, 0.6) is 5.75 Å². The normalized spacial score (nSPS) is 22.3. The Morgan fingerprint density at radius 3 is 2.55 bits per heavy atom. The molecular formula is C21H30BrN3O5S. The topological polar surface area (TPSA) is 96.0 Å². The number of piperidine rings is 2. The molecule has 0 radical (unpaired) electrons. The van der Waals surface area contributed by atoms with E-state index in [-0.39, 0.29) is 30.4 Å². The number of sulfonamides is 1. The lowest BCUT2D eigenvalue weighted by Gasteiger charge is -2.39. The summed E-state index contributed by atoms with van der Waals surface area (Å²) in [6.07, 6.45) is 4.91. The highest BCUT2D eigenvalue weighted by molar-refractivity contribution is 9.10. The van der Waals surface area contributed by atoms with Gasteiger partial charge < -0.3 is 14.5 Å². The first kappa shape index (κ1) is 24.0. The number of amides is 2. The molecule has 1 N–H and O–H groups in total. The molecule has 10 heteroatoms. The van der Waals surface area contributed by atoms with Crippen LogP contribution >= 0.6 is 15.9 Å². The minimum Gasteiger partial charge on any atom is -0.490 e. The van der Waals surface area contributed by atoms with Gasteiger partial charge in [0.1, 0.15) is 11.9 Å². The van der Waals surface area contributed by atoms with Crippen LogP contribution in [0.25, 0.3) is 0 Å². The molecule has 0 aromatic heterocycles. The van der Waals surface area contributed by atoms with Crippen LogP contribution in [0, 0.1) is 5.92 Å². The molecular weight excluding hydrogens is 486 g/mol. The molecule has 172 valence electrons. The van der Waals surface area contributed by atoms with Gasteiger partial charge in [-0.3, -0.25) is 9.59 Å². The van der Waals surface area contributed by atoms with Crippen LogP contribution in [0.4, 0.5) is 0 Å². The average molecular weight is 516 g/mol. The highest BCUT2D eigenvalue weighted by atomic mass is 79.9. The van der Waals surface area contributed by atoms with Crippen LogP contribution < -0.4 is 9.46 Å². The molecule has 2 heterocycles. The van der Waals surface area contributed by atoms with Crippen molar-refractivity contribution in [2.24, 2.45) is 5.92 Å². The fourth-order valence-electron chi connectivity index (χ4n) is 4.10. The smallest absolute Gasteiger partial charge is 0.237 e. The number of ether oxygens (including phenoxy) is 1. The van der Waals surface area contributed by atoms with E-state index in [1.807, 2.05) is 29.2 Å². The third kappa shape index (κ3) is 7.47. The molecule has 31 heavy (non-hydrogen) atoms. The quantitative estimate of drug-likeness (QED) is 0.598. The van der Waals surface area contributed by atoms with Crippen molar-refractivity contribution in [1.82, 2.24) is 14.5 Å². The molecule has 8 nitrogen and oxygen atoms in total. The zero-order valence-corrected chi connectivity index (χ0v) is 20.2. The lowest BCUT2D eigenvalue weighted by atomic mass is 9.90. The number of hydrogen-bond acceptors (Lipinski definition) is 5. The molecule has 2 aliphatic rings. The van der Waals surface area contributed by atoms with E-state index < -0.39 is 10.0 Å². The van der Waals surface area contributed by atoms with Crippen LogP contribution in [0.3, 0.4) is 0 Å². The minimum absolute atomic E-state index is 0.0936. The van der Waals surface area contributed by atoms with Crippen molar-refractivity contribution in [3.05, 3.63) is 28.7 Å². The summed E-state index contributed by atoms with van der Waals surface area (Å²) >= 11 is 3.45. The number of carbonyl (C=O) groups excluding carboxylic acids is 2. The van der Waals surface area contributed by atoms with Crippen molar-refractivity contribution in [3.63, 3.8) is 0 Å². The first-order chi connectivity index (χ1) is 14.7. The summed E-state index contributed by atoms with van der Waals surface area (Å²) < 4.78 is 32.1. The van der Waals surface area contributed by atoms with E-state index in [0.29, 0.717) is 31.7 Å². The molecule has 0 saturated carbocycles. The summed E-state index contributed by atoms with van der Waals surface area (Å²) in [4.78, 5) is 29.0. The third-order valence-electron chi connectivity index (χ3n) is 5.73. The number of benzene rings is 1. The minimum atomic E-state index is -3.45. The molecule has 0 spiro atoms. The van der Waals surface area contributed by atoms with E-state index in [4.69, 9.17) is 4.74 Å². The van der Waals surface area contributed by atoms with Crippen molar-refractivity contribution < 1.29 is 22.7 Å². The van der Waals surface area contributed by atoms with E-state index >= 15 is 0 Å². The Hall–Kier alpha value is -1.65. The standard InChI is InChI=1S/C21H30BrN3O5S/c1-31(28,29)23-14-21(27)25-11-8-19(30-18-7-5-6-17(22)13-18)16(15-25)12-20(26)24-9-3-2-4-10-24/h5-7,13,16,19,23H,2-4,8-12,14-15H2,1H3/t16-,19-/m0/s1. The van der Waals surface area contributed by atoms with E-state index in [0.717, 1.165) is 43.1 Å². The zero-order chi connectivity index (χ0) is 22.4. The Morgan fingerprint density at radius 1 is 1.13 bits per heavy atom. The van der Waals surface area contributed by atoms with Crippen LogP contribution in [0.15, 0.2) is 28.7 Å². The van der Waals surface area contributed by atoms with Crippen LogP contribution in [0.2, 0.25) is 0 Å². The maximum absolute atomic E-state index is 12.9. The van der Waals surface area contributed by atoms with Crippen molar-refractivity contribution in [2.45, 2.75) is 38.2 Å². The van der Waals surface area contributed by atoms with Crippen molar-refractivity contribution in [3.8, 4) is 5.75 Å². The summed E-state index contributed by atoms with van der Waals surface area (Å²) in [6, 6.07) is 7.57. The SMILES string of the molecule is CS(=O)(=O)NCC(=O)N1CC[C@H](Oc2cccc(Br)c2)[C@@H](CC(=O)N2CCCCC2)C1. The molecule has 0 unspecified atom stereocenters. The van der Waals surface area contributed by atoms with Crippen molar-refractivity contribution in [1.29, 1.82) is 0 Å². The lowest BCUT2D eigenvalue weighted by Crippen LogP contribution is -2.51. The van der Waals surface area contributed by atoms with E-state index in [9.17, 15) is 18.0 Å². The van der Waals surface area contributed by atoms with Gasteiger partial charge in [0.05, 0.1) is 12.8 Å². The summed E-state index contributed by atoms with van der Waals surface area (Å²) in [6.45, 7) is 2.11. The highest BCUT2D eigenvalue weighted by Gasteiger charge is 2.35. The van der Waals surface area contributed by atoms with Crippen molar-refractivity contribution >= 4 is 37.8 Å². The molecule has 2 saturated heterocycles. The number of halogens is 1. The van der Waals surface area contributed by atoms with E-state index in [1.54, 1.807) is 4.90 Å². The number of likely N-dealkylation sites (tertiary alicyclic amines) is 2. The second-order valence-electron chi connectivity index (χ2n) is 8.24. The van der Waals surface area contributed by atoms with E-state index in [1.165, 1.54) is 0 Å². The first-order valence-electron chi connectivity index (χ1n) is 10.6. The monoisotopic (exact) mass is 515 g/mol. The van der Waals surface area contributed by atoms with Crippen molar-refractivity contribution in [2.75, 3.05) is 39.0 Å². The Morgan fingerprint density at radius 2 is 1.87 bits per heavy atom. The van der Waals surface area contributed by atoms with Gasteiger partial charge in [0, 0.05) is 49.4 Å². The molecule has 1 aromatic rings. The lowest BCUT2D eigenvalue weighted by molar-refractivity contribution is -0.139. The molecule has 3 rings (SSSR count). The van der Waals surface area contributed by atoms with Gasteiger partial charge in [-0.1, -0.05) is 22.0 Å². The fourth-order valence-corrected chi connectivity index (χ4v) is 4.87. The van der Waals surface area contributed by atoms with Crippen LogP contribution in [0.1, 0.15) is 32.1 Å². The molecule has 2 fully saturated rings. The van der Waals surface area contributed by atoms with Gasteiger partial charge in [-0.25, -0.2) is 13.1 Å². The van der Waals surface area contributed by atoms with Crippen LogP contribution in [-0.4, -0.2) is 75.1 Å². The number of nitrogens with zero attached hydrogens (tertiary/aromatic N) is 2. The molecule has 2 amide bonds. The highest BCUT2D eigenvalue weighted by Crippen LogP contribution is 2.28. The van der Waals surface area contributed by atoms with Gasteiger partial charge in [0.15, 0.2) is 0 Å². The van der Waals surface area contributed by atoms with Gasteiger partial charge >= 0.3 is 0 Å². The predicted molar refractivity (Wildman–Crippen MR) is 121 cm³/mol. The number of nitrogens with one attached hydrogen (secondary N) is 1. The van der Waals surface area contributed by atoms with Gasteiger partial charge in [0.2, 0.25) is 21.8 Å². The Bertz CT molecular complexity index is 889. The number of rotatable bonds is 7. The van der Waals surface area contributed by atoms with Gasteiger partial charge in [0.25, 0.3) is 0 Å².